The Balaban J connectivity index is 1.62. The van der Waals surface area contributed by atoms with Crippen molar-refractivity contribution in [2.24, 2.45) is 11.8 Å². The van der Waals surface area contributed by atoms with E-state index in [1.54, 1.807) is 13.0 Å². The Hall–Kier alpha value is -1.93. The molecule has 1 saturated heterocycles. The van der Waals surface area contributed by atoms with E-state index in [-0.39, 0.29) is 22.6 Å². The molecule has 2 aliphatic rings. The van der Waals surface area contributed by atoms with Crippen LogP contribution in [0.15, 0.2) is 17.0 Å². The summed E-state index contributed by atoms with van der Waals surface area (Å²) in [5, 5.41) is 5.71. The maximum Gasteiger partial charge on any atom is 0.251 e. The first-order chi connectivity index (χ1) is 15.2. The number of nitrogens with one attached hydrogen (secondary N) is 2. The van der Waals surface area contributed by atoms with Gasteiger partial charge in [-0.2, -0.15) is 4.31 Å². The van der Waals surface area contributed by atoms with Crippen LogP contribution in [-0.2, 0) is 14.8 Å². The molecule has 8 heteroatoms. The molecule has 32 heavy (non-hydrogen) atoms. The van der Waals surface area contributed by atoms with E-state index >= 15 is 0 Å². The van der Waals surface area contributed by atoms with E-state index in [1.165, 1.54) is 16.8 Å². The summed E-state index contributed by atoms with van der Waals surface area (Å²) in [7, 11) is -3.65. The molecule has 0 atom stereocenters. The monoisotopic (exact) mass is 463 g/mol. The van der Waals surface area contributed by atoms with Crippen molar-refractivity contribution in [1.29, 1.82) is 0 Å². The zero-order chi connectivity index (χ0) is 23.3. The van der Waals surface area contributed by atoms with E-state index in [9.17, 15) is 18.0 Å². The smallest absolute Gasteiger partial charge is 0.251 e. The Bertz CT molecular complexity index is 931. The normalized spacial score (nSPS) is 19.0. The van der Waals surface area contributed by atoms with Gasteiger partial charge in [-0.1, -0.05) is 26.2 Å². The second-order valence-electron chi connectivity index (χ2n) is 9.38. The van der Waals surface area contributed by atoms with Gasteiger partial charge >= 0.3 is 0 Å². The minimum absolute atomic E-state index is 0.0642. The molecule has 1 heterocycles. The van der Waals surface area contributed by atoms with Crippen LogP contribution in [0, 0.1) is 25.7 Å². The lowest BCUT2D eigenvalue weighted by molar-refractivity contribution is -0.125. The molecule has 0 bridgehead atoms. The number of aryl methyl sites for hydroxylation is 1. The number of piperidine rings is 1. The van der Waals surface area contributed by atoms with E-state index < -0.39 is 10.0 Å². The molecule has 1 aromatic carbocycles. The van der Waals surface area contributed by atoms with Crippen molar-refractivity contribution in [3.63, 3.8) is 0 Å². The van der Waals surface area contributed by atoms with E-state index in [4.69, 9.17) is 0 Å². The number of rotatable bonds is 7. The first-order valence-electron chi connectivity index (χ1n) is 11.9. The molecule has 7 nitrogen and oxygen atoms in total. The van der Waals surface area contributed by atoms with E-state index in [0.717, 1.165) is 44.1 Å². The summed E-state index contributed by atoms with van der Waals surface area (Å²) in [6.45, 7) is 7.45. The van der Waals surface area contributed by atoms with Crippen LogP contribution < -0.4 is 10.6 Å². The zero-order valence-electron chi connectivity index (χ0n) is 19.6. The van der Waals surface area contributed by atoms with Gasteiger partial charge in [0.25, 0.3) is 5.91 Å². The van der Waals surface area contributed by atoms with E-state index in [2.05, 4.69) is 17.6 Å². The molecule has 1 saturated carbocycles. The Kier molecular flexibility index (Phi) is 8.33. The summed E-state index contributed by atoms with van der Waals surface area (Å²) in [5.74, 6) is 0.350. The van der Waals surface area contributed by atoms with Crippen molar-refractivity contribution in [2.45, 2.75) is 70.6 Å². The summed E-state index contributed by atoms with van der Waals surface area (Å²) in [5.41, 5.74) is 1.78. The number of benzene rings is 1. The van der Waals surface area contributed by atoms with Crippen molar-refractivity contribution < 1.29 is 18.0 Å². The van der Waals surface area contributed by atoms with Gasteiger partial charge in [0.1, 0.15) is 0 Å². The summed E-state index contributed by atoms with van der Waals surface area (Å²) in [6, 6.07) is 3.22. The minimum atomic E-state index is -3.65. The van der Waals surface area contributed by atoms with Crippen LogP contribution in [-0.4, -0.2) is 50.7 Å². The SMILES string of the molecule is Cc1cc(C(=O)NCCNC(=O)C2CCCCC2)cc(S(=O)(=O)N2CCC(C)CC2)c1C. The number of carbonyl (C=O) groups excluding carboxylic acids is 2. The average Bonchev–Trinajstić information content (AvgIpc) is 2.78. The van der Waals surface area contributed by atoms with Crippen LogP contribution in [0.3, 0.4) is 0 Å². The summed E-state index contributed by atoms with van der Waals surface area (Å²) in [6.07, 6.45) is 6.98. The topological polar surface area (TPSA) is 95.6 Å². The highest BCUT2D eigenvalue weighted by atomic mass is 32.2. The quantitative estimate of drug-likeness (QED) is 0.607. The third kappa shape index (κ3) is 5.90. The molecule has 2 N–H and O–H groups in total. The van der Waals surface area contributed by atoms with Gasteiger partial charge in [-0.25, -0.2) is 8.42 Å². The number of nitrogens with zero attached hydrogens (tertiary/aromatic N) is 1. The Morgan fingerprint density at radius 1 is 0.969 bits per heavy atom. The van der Waals surface area contributed by atoms with Gasteiger partial charge in [0, 0.05) is 37.7 Å². The highest BCUT2D eigenvalue weighted by Crippen LogP contribution is 2.28. The molecule has 1 aromatic rings. The lowest BCUT2D eigenvalue weighted by Crippen LogP contribution is -2.39. The third-order valence-corrected chi connectivity index (χ3v) is 8.95. The van der Waals surface area contributed by atoms with Crippen LogP contribution in [0.4, 0.5) is 0 Å². The molecular weight excluding hydrogens is 426 g/mol. The minimum Gasteiger partial charge on any atom is -0.354 e. The van der Waals surface area contributed by atoms with Crippen LogP contribution in [0.25, 0.3) is 0 Å². The standard InChI is InChI=1S/C24H37N3O4S/c1-17-9-13-27(14-10-17)32(30,31)22-16-21(15-18(2)19(22)3)24(29)26-12-11-25-23(28)20-7-5-4-6-8-20/h15-17,20H,4-14H2,1-3H3,(H,25,28)(H,26,29). The lowest BCUT2D eigenvalue weighted by atomic mass is 9.89. The lowest BCUT2D eigenvalue weighted by Gasteiger charge is -2.30. The molecule has 2 amide bonds. The van der Waals surface area contributed by atoms with Crippen LogP contribution in [0.2, 0.25) is 0 Å². The fourth-order valence-electron chi connectivity index (χ4n) is 4.56. The largest absolute Gasteiger partial charge is 0.354 e. The first-order valence-corrected chi connectivity index (χ1v) is 13.3. The van der Waals surface area contributed by atoms with Gasteiger partial charge in [-0.3, -0.25) is 9.59 Å². The number of sulfonamides is 1. The molecule has 178 valence electrons. The number of hydrogen-bond acceptors (Lipinski definition) is 4. The molecule has 0 radical (unpaired) electrons. The third-order valence-electron chi connectivity index (χ3n) is 6.93. The first kappa shape index (κ1) is 24.7. The van der Waals surface area contributed by atoms with Gasteiger partial charge < -0.3 is 10.6 Å². The maximum atomic E-state index is 13.3. The van der Waals surface area contributed by atoms with Gasteiger partial charge in [0.05, 0.1) is 4.90 Å². The van der Waals surface area contributed by atoms with Gasteiger partial charge in [-0.05, 0) is 68.7 Å². The second-order valence-corrected chi connectivity index (χ2v) is 11.3. The predicted molar refractivity (Wildman–Crippen MR) is 125 cm³/mol. The molecule has 3 rings (SSSR count). The van der Waals surface area contributed by atoms with Crippen molar-refractivity contribution in [2.75, 3.05) is 26.2 Å². The predicted octanol–water partition coefficient (Wildman–Crippen LogP) is 3.15. The number of amides is 2. The molecule has 1 aliphatic heterocycles. The molecule has 0 unspecified atom stereocenters. The van der Waals surface area contributed by atoms with Crippen molar-refractivity contribution in [1.82, 2.24) is 14.9 Å². The fraction of sp³-hybridized carbons (Fsp3) is 0.667. The molecule has 1 aliphatic carbocycles. The summed E-state index contributed by atoms with van der Waals surface area (Å²) < 4.78 is 28.1. The Labute approximate surface area is 192 Å². The van der Waals surface area contributed by atoms with Crippen LogP contribution >= 0.6 is 0 Å². The molecule has 0 spiro atoms. The van der Waals surface area contributed by atoms with E-state index in [1.807, 2.05) is 6.92 Å². The zero-order valence-corrected chi connectivity index (χ0v) is 20.4. The van der Waals surface area contributed by atoms with Crippen molar-refractivity contribution in [3.8, 4) is 0 Å². The fourth-order valence-corrected chi connectivity index (χ4v) is 6.36. The highest BCUT2D eigenvalue weighted by molar-refractivity contribution is 7.89. The molecular formula is C24H37N3O4S. The van der Waals surface area contributed by atoms with E-state index in [0.29, 0.717) is 43.2 Å². The summed E-state index contributed by atoms with van der Waals surface area (Å²) in [4.78, 5) is 25.2. The number of carbonyl (C=O) groups is 2. The Morgan fingerprint density at radius 2 is 1.59 bits per heavy atom. The van der Waals surface area contributed by atoms with Crippen LogP contribution in [0.1, 0.15) is 73.4 Å². The van der Waals surface area contributed by atoms with Gasteiger partial charge in [0.2, 0.25) is 15.9 Å². The van der Waals surface area contributed by atoms with Gasteiger partial charge in [0.15, 0.2) is 0 Å². The van der Waals surface area contributed by atoms with Crippen molar-refractivity contribution in [3.05, 3.63) is 28.8 Å². The highest BCUT2D eigenvalue weighted by Gasteiger charge is 2.30. The maximum absolute atomic E-state index is 13.3. The van der Waals surface area contributed by atoms with Crippen molar-refractivity contribution >= 4 is 21.8 Å². The number of hydrogen-bond donors (Lipinski definition) is 2. The van der Waals surface area contributed by atoms with Crippen LogP contribution in [0.5, 0.6) is 0 Å². The van der Waals surface area contributed by atoms with Gasteiger partial charge in [-0.15, -0.1) is 0 Å². The summed E-state index contributed by atoms with van der Waals surface area (Å²) >= 11 is 0. The Morgan fingerprint density at radius 3 is 2.25 bits per heavy atom. The molecule has 0 aromatic heterocycles. The second kappa shape index (κ2) is 10.8. The average molecular weight is 464 g/mol. The molecule has 2 fully saturated rings.